The topological polar surface area (TPSA) is 47.3 Å². The third-order valence-electron chi connectivity index (χ3n) is 2.69. The molecule has 0 bridgehead atoms. The van der Waals surface area contributed by atoms with Gasteiger partial charge in [-0.15, -0.1) is 0 Å². The monoisotopic (exact) mass is 354 g/mol. The molecular weight excluding hydrogens is 343 g/mol. The number of thiocarbonyl (C=S) groups is 1. The predicted octanol–water partition coefficient (Wildman–Crippen LogP) is 3.97. The Labute approximate surface area is 130 Å². The van der Waals surface area contributed by atoms with Crippen molar-refractivity contribution in [1.29, 1.82) is 0 Å². The van der Waals surface area contributed by atoms with E-state index in [0.717, 1.165) is 4.47 Å². The Morgan fingerprint density at radius 3 is 2.65 bits per heavy atom. The number of rotatable bonds is 4. The maximum absolute atomic E-state index is 13.3. The van der Waals surface area contributed by atoms with E-state index in [0.29, 0.717) is 22.7 Å². The molecule has 0 aliphatic heterocycles. The van der Waals surface area contributed by atoms with Crippen molar-refractivity contribution < 1.29 is 9.13 Å². The third kappa shape index (κ3) is 3.26. The average Bonchev–Trinajstić information content (AvgIpc) is 2.42. The van der Waals surface area contributed by atoms with Gasteiger partial charge in [-0.3, -0.25) is 0 Å². The second-order valence-corrected chi connectivity index (χ2v) is 5.32. The van der Waals surface area contributed by atoms with E-state index in [2.05, 4.69) is 21.2 Å². The van der Waals surface area contributed by atoms with Crippen LogP contribution in [0.4, 0.5) is 15.8 Å². The zero-order chi connectivity index (χ0) is 14.7. The molecule has 20 heavy (non-hydrogen) atoms. The lowest BCUT2D eigenvalue weighted by molar-refractivity contribution is 0.415. The van der Waals surface area contributed by atoms with Crippen LogP contribution in [0, 0.1) is 5.82 Å². The van der Waals surface area contributed by atoms with Crippen LogP contribution in [0.15, 0.2) is 40.9 Å². The van der Waals surface area contributed by atoms with E-state index in [-0.39, 0.29) is 10.8 Å². The van der Waals surface area contributed by atoms with Crippen LogP contribution in [-0.2, 0) is 0 Å². The van der Waals surface area contributed by atoms with Crippen molar-refractivity contribution in [2.45, 2.75) is 0 Å². The van der Waals surface area contributed by atoms with Gasteiger partial charge in [-0.1, -0.05) is 12.2 Å². The number of methoxy groups -OCH3 is 1. The maximum Gasteiger partial charge on any atom is 0.125 e. The summed E-state index contributed by atoms with van der Waals surface area (Å²) in [6.45, 7) is 0. The van der Waals surface area contributed by atoms with Gasteiger partial charge in [0.2, 0.25) is 0 Å². The molecule has 3 N–H and O–H groups in total. The number of hydrogen-bond donors (Lipinski definition) is 2. The average molecular weight is 355 g/mol. The fraction of sp³-hybridized carbons (Fsp3) is 0.0714. The lowest BCUT2D eigenvalue weighted by Gasteiger charge is -2.14. The molecule has 0 unspecified atom stereocenters. The number of benzene rings is 2. The molecule has 104 valence electrons. The van der Waals surface area contributed by atoms with Crippen LogP contribution in [0.3, 0.4) is 0 Å². The summed E-state index contributed by atoms with van der Waals surface area (Å²) in [6, 6.07) is 9.66. The Bertz CT molecular complexity index is 664. The molecule has 0 radical (unpaired) electrons. The van der Waals surface area contributed by atoms with Crippen LogP contribution in [0.1, 0.15) is 5.56 Å². The SMILES string of the molecule is COc1ccc(C(N)=S)c(Nc2cc(F)ccc2Br)c1. The van der Waals surface area contributed by atoms with E-state index in [1.807, 2.05) is 0 Å². The molecule has 0 heterocycles. The number of hydrogen-bond acceptors (Lipinski definition) is 3. The molecule has 0 aromatic heterocycles. The zero-order valence-electron chi connectivity index (χ0n) is 10.6. The van der Waals surface area contributed by atoms with Gasteiger partial charge in [-0.2, -0.15) is 0 Å². The van der Waals surface area contributed by atoms with Gasteiger partial charge in [-0.05, 0) is 46.3 Å². The Hall–Kier alpha value is -1.66. The van der Waals surface area contributed by atoms with Crippen molar-refractivity contribution in [3.05, 3.63) is 52.3 Å². The molecule has 0 amide bonds. The van der Waals surface area contributed by atoms with E-state index in [4.69, 9.17) is 22.7 Å². The lowest BCUT2D eigenvalue weighted by Crippen LogP contribution is -2.12. The fourth-order valence-corrected chi connectivity index (χ4v) is 2.23. The number of halogens is 2. The minimum atomic E-state index is -0.338. The van der Waals surface area contributed by atoms with Gasteiger partial charge >= 0.3 is 0 Å². The molecule has 0 aliphatic rings. The van der Waals surface area contributed by atoms with E-state index in [9.17, 15) is 4.39 Å². The Balaban J connectivity index is 2.45. The molecular formula is C14H12BrFN2OS. The van der Waals surface area contributed by atoms with Crippen LogP contribution < -0.4 is 15.8 Å². The third-order valence-corrected chi connectivity index (χ3v) is 3.60. The van der Waals surface area contributed by atoms with E-state index in [1.165, 1.54) is 12.1 Å². The second kappa shape index (κ2) is 6.19. The molecule has 2 rings (SSSR count). The van der Waals surface area contributed by atoms with Gasteiger partial charge in [0.25, 0.3) is 0 Å². The maximum atomic E-state index is 13.3. The lowest BCUT2D eigenvalue weighted by atomic mass is 10.1. The largest absolute Gasteiger partial charge is 0.497 e. The predicted molar refractivity (Wildman–Crippen MR) is 86.3 cm³/mol. The molecule has 0 saturated heterocycles. The zero-order valence-corrected chi connectivity index (χ0v) is 13.0. The number of ether oxygens (including phenoxy) is 1. The normalized spacial score (nSPS) is 10.2. The Morgan fingerprint density at radius 1 is 1.25 bits per heavy atom. The van der Waals surface area contributed by atoms with Crippen molar-refractivity contribution in [1.82, 2.24) is 0 Å². The van der Waals surface area contributed by atoms with Crippen molar-refractivity contribution in [3.8, 4) is 5.75 Å². The molecule has 6 heteroatoms. The molecule has 0 saturated carbocycles. The van der Waals surface area contributed by atoms with E-state index < -0.39 is 0 Å². The van der Waals surface area contributed by atoms with Crippen molar-refractivity contribution in [2.24, 2.45) is 5.73 Å². The van der Waals surface area contributed by atoms with E-state index in [1.54, 1.807) is 31.4 Å². The first-order chi connectivity index (χ1) is 9.51. The quantitative estimate of drug-likeness (QED) is 0.815. The highest BCUT2D eigenvalue weighted by Gasteiger charge is 2.09. The second-order valence-electron chi connectivity index (χ2n) is 4.02. The molecule has 0 aliphatic carbocycles. The van der Waals surface area contributed by atoms with Gasteiger partial charge < -0.3 is 15.8 Å². The van der Waals surface area contributed by atoms with Crippen LogP contribution in [0.25, 0.3) is 0 Å². The molecule has 3 nitrogen and oxygen atoms in total. The van der Waals surface area contributed by atoms with E-state index >= 15 is 0 Å². The van der Waals surface area contributed by atoms with Crippen molar-refractivity contribution >= 4 is 44.5 Å². The first-order valence-electron chi connectivity index (χ1n) is 5.71. The van der Waals surface area contributed by atoms with Gasteiger partial charge in [0.15, 0.2) is 0 Å². The first-order valence-corrected chi connectivity index (χ1v) is 6.91. The van der Waals surface area contributed by atoms with Gasteiger partial charge in [-0.25, -0.2) is 4.39 Å². The van der Waals surface area contributed by atoms with Crippen LogP contribution >= 0.6 is 28.1 Å². The fourth-order valence-electron chi connectivity index (χ4n) is 1.71. The summed E-state index contributed by atoms with van der Waals surface area (Å²) in [4.78, 5) is 0.252. The molecule has 0 fully saturated rings. The summed E-state index contributed by atoms with van der Waals surface area (Å²) in [7, 11) is 1.57. The molecule has 0 atom stereocenters. The Morgan fingerprint density at radius 2 is 2.00 bits per heavy atom. The molecule has 2 aromatic carbocycles. The summed E-state index contributed by atoms with van der Waals surface area (Å²) >= 11 is 8.38. The minimum Gasteiger partial charge on any atom is -0.497 e. The summed E-state index contributed by atoms with van der Waals surface area (Å²) in [5, 5.41) is 3.10. The highest BCUT2D eigenvalue weighted by molar-refractivity contribution is 9.10. The first kappa shape index (κ1) is 14.7. The van der Waals surface area contributed by atoms with Crippen LogP contribution in [-0.4, -0.2) is 12.1 Å². The summed E-state index contributed by atoms with van der Waals surface area (Å²) in [5.41, 5.74) is 7.59. The number of nitrogens with one attached hydrogen (secondary N) is 1. The van der Waals surface area contributed by atoms with Crippen LogP contribution in [0.5, 0.6) is 5.75 Å². The summed E-state index contributed by atoms with van der Waals surface area (Å²) in [6.07, 6.45) is 0. The van der Waals surface area contributed by atoms with Gasteiger partial charge in [0.05, 0.1) is 18.5 Å². The standard InChI is InChI=1S/C14H12BrFN2OS/c1-19-9-3-4-10(14(17)20)12(7-9)18-13-6-8(16)2-5-11(13)15/h2-7,18H,1H3,(H2,17,20). The molecule has 0 spiro atoms. The van der Waals surface area contributed by atoms with Crippen molar-refractivity contribution in [2.75, 3.05) is 12.4 Å². The number of anilines is 2. The minimum absolute atomic E-state index is 0.252. The molecule has 2 aromatic rings. The van der Waals surface area contributed by atoms with Crippen molar-refractivity contribution in [3.63, 3.8) is 0 Å². The highest BCUT2D eigenvalue weighted by Crippen LogP contribution is 2.30. The summed E-state index contributed by atoms with van der Waals surface area (Å²) < 4.78 is 19.2. The van der Waals surface area contributed by atoms with Gasteiger partial charge in [0, 0.05) is 16.1 Å². The summed E-state index contributed by atoms with van der Waals surface area (Å²) in [5.74, 6) is 0.315. The highest BCUT2D eigenvalue weighted by atomic mass is 79.9. The smallest absolute Gasteiger partial charge is 0.125 e. The van der Waals surface area contributed by atoms with Crippen LogP contribution in [0.2, 0.25) is 0 Å². The number of nitrogens with two attached hydrogens (primary N) is 1. The Kier molecular flexibility index (Phi) is 4.57. The van der Waals surface area contributed by atoms with Gasteiger partial charge in [0.1, 0.15) is 16.6 Å².